The molecule has 1 amide bonds. The van der Waals surface area contributed by atoms with Crippen LogP contribution in [0.15, 0.2) is 72.8 Å². The van der Waals surface area contributed by atoms with E-state index >= 15 is 0 Å². The van der Waals surface area contributed by atoms with Crippen LogP contribution in [-0.4, -0.2) is 43.6 Å². The fourth-order valence-corrected chi connectivity index (χ4v) is 3.79. The van der Waals surface area contributed by atoms with Crippen molar-refractivity contribution in [2.75, 3.05) is 43.0 Å². The van der Waals surface area contributed by atoms with Crippen molar-refractivity contribution < 1.29 is 13.9 Å². The number of hydrogen-bond acceptors (Lipinski definition) is 4. The van der Waals surface area contributed by atoms with Crippen molar-refractivity contribution in [3.63, 3.8) is 0 Å². The highest BCUT2D eigenvalue weighted by atomic mass is 35.5. The molecular weight excluding hydrogens is 429 g/mol. The van der Waals surface area contributed by atoms with E-state index < -0.39 is 0 Å². The Bertz CT molecular complexity index is 1040. The molecule has 0 bridgehead atoms. The number of anilines is 2. The van der Waals surface area contributed by atoms with E-state index in [0.717, 1.165) is 43.1 Å². The second-order valence-electron chi connectivity index (χ2n) is 7.69. The summed E-state index contributed by atoms with van der Waals surface area (Å²) in [6, 6.07) is 21.6. The van der Waals surface area contributed by atoms with Gasteiger partial charge in [-0.3, -0.25) is 9.69 Å². The van der Waals surface area contributed by atoms with Crippen molar-refractivity contribution in [3.05, 3.63) is 89.2 Å². The summed E-state index contributed by atoms with van der Waals surface area (Å²) in [6.07, 6.45) is 0. The Morgan fingerprint density at radius 3 is 2.31 bits per heavy atom. The van der Waals surface area contributed by atoms with Crippen LogP contribution >= 0.6 is 11.6 Å². The van der Waals surface area contributed by atoms with E-state index in [9.17, 15) is 9.18 Å². The largest absolute Gasteiger partial charge is 0.484 e. The van der Waals surface area contributed by atoms with E-state index in [-0.39, 0.29) is 18.3 Å². The van der Waals surface area contributed by atoms with Crippen LogP contribution in [0.4, 0.5) is 15.8 Å². The molecule has 0 atom stereocenters. The number of nitrogens with zero attached hydrogens (tertiary/aromatic N) is 2. The molecule has 3 aromatic carbocycles. The Balaban J connectivity index is 1.23. The number of hydrogen-bond donors (Lipinski definition) is 1. The molecule has 32 heavy (non-hydrogen) atoms. The van der Waals surface area contributed by atoms with E-state index in [1.54, 1.807) is 30.3 Å². The van der Waals surface area contributed by atoms with Crippen LogP contribution in [0.5, 0.6) is 5.75 Å². The summed E-state index contributed by atoms with van der Waals surface area (Å²) in [5, 5.41) is 3.46. The predicted octanol–water partition coefficient (Wildman–Crippen LogP) is 4.82. The second-order valence-corrected chi connectivity index (χ2v) is 8.13. The summed E-state index contributed by atoms with van der Waals surface area (Å²) in [5.41, 5.74) is 2.56. The zero-order chi connectivity index (χ0) is 22.3. The molecule has 1 fully saturated rings. The Kier molecular flexibility index (Phi) is 7.24. The van der Waals surface area contributed by atoms with Gasteiger partial charge in [-0.15, -0.1) is 0 Å². The van der Waals surface area contributed by atoms with Crippen LogP contribution in [0.3, 0.4) is 0 Å². The zero-order valence-electron chi connectivity index (χ0n) is 17.6. The maximum Gasteiger partial charge on any atom is 0.262 e. The maximum absolute atomic E-state index is 13.9. The van der Waals surface area contributed by atoms with E-state index in [1.165, 1.54) is 6.07 Å². The smallest absolute Gasteiger partial charge is 0.262 e. The van der Waals surface area contributed by atoms with Gasteiger partial charge in [-0.05, 0) is 54.6 Å². The molecule has 0 aliphatic carbocycles. The fourth-order valence-electron chi connectivity index (χ4n) is 3.66. The van der Waals surface area contributed by atoms with Gasteiger partial charge in [0.2, 0.25) is 0 Å². The molecule has 0 saturated carbocycles. The molecule has 7 heteroatoms. The van der Waals surface area contributed by atoms with Gasteiger partial charge < -0.3 is 15.0 Å². The van der Waals surface area contributed by atoms with Crippen molar-refractivity contribution in [1.29, 1.82) is 0 Å². The summed E-state index contributed by atoms with van der Waals surface area (Å²) < 4.78 is 19.4. The van der Waals surface area contributed by atoms with Gasteiger partial charge in [0.1, 0.15) is 11.6 Å². The molecule has 0 unspecified atom stereocenters. The number of rotatable bonds is 7. The summed E-state index contributed by atoms with van der Waals surface area (Å²) in [4.78, 5) is 16.7. The van der Waals surface area contributed by atoms with E-state index in [4.69, 9.17) is 16.3 Å². The number of ether oxygens (including phenoxy) is 1. The fraction of sp³-hybridized carbons (Fsp3) is 0.240. The van der Waals surface area contributed by atoms with Crippen LogP contribution in [-0.2, 0) is 11.3 Å². The number of benzene rings is 3. The van der Waals surface area contributed by atoms with Gasteiger partial charge in [-0.1, -0.05) is 29.8 Å². The lowest BCUT2D eigenvalue weighted by Crippen LogP contribution is -2.46. The molecule has 0 spiro atoms. The lowest BCUT2D eigenvalue weighted by molar-refractivity contribution is -0.118. The molecule has 3 aromatic rings. The molecular formula is C25H25ClFN3O2. The number of nitrogens with one attached hydrogen (secondary N) is 1. The van der Waals surface area contributed by atoms with Gasteiger partial charge in [0.05, 0.1) is 0 Å². The van der Waals surface area contributed by atoms with Crippen LogP contribution in [0, 0.1) is 5.82 Å². The number of carbonyl (C=O) groups excluding carboxylic acids is 1. The lowest BCUT2D eigenvalue weighted by Gasteiger charge is -2.36. The van der Waals surface area contributed by atoms with Crippen molar-refractivity contribution in [2.24, 2.45) is 0 Å². The van der Waals surface area contributed by atoms with E-state index in [2.05, 4.69) is 15.1 Å². The number of halogens is 2. The van der Waals surface area contributed by atoms with Crippen LogP contribution < -0.4 is 15.0 Å². The average molecular weight is 454 g/mol. The molecule has 166 valence electrons. The van der Waals surface area contributed by atoms with Crippen LogP contribution in [0.2, 0.25) is 5.02 Å². The van der Waals surface area contributed by atoms with Crippen molar-refractivity contribution in [1.82, 2.24) is 4.90 Å². The van der Waals surface area contributed by atoms with Gasteiger partial charge in [0.15, 0.2) is 6.61 Å². The van der Waals surface area contributed by atoms with E-state index in [0.29, 0.717) is 17.3 Å². The monoisotopic (exact) mass is 453 g/mol. The summed E-state index contributed by atoms with van der Waals surface area (Å²) in [5.74, 6) is 0.217. The SMILES string of the molecule is O=C(COc1ccc(Cl)cc1)Nc1ccc(N2CCN(Cc3ccccc3F)CC2)cc1. The van der Waals surface area contributed by atoms with Crippen molar-refractivity contribution in [2.45, 2.75) is 6.54 Å². The Morgan fingerprint density at radius 1 is 0.938 bits per heavy atom. The molecule has 1 aliphatic heterocycles. The molecule has 4 rings (SSSR count). The first-order valence-electron chi connectivity index (χ1n) is 10.6. The Labute approximate surface area is 192 Å². The normalized spacial score (nSPS) is 14.2. The summed E-state index contributed by atoms with van der Waals surface area (Å²) >= 11 is 5.84. The van der Waals surface area contributed by atoms with Crippen LogP contribution in [0.25, 0.3) is 0 Å². The zero-order valence-corrected chi connectivity index (χ0v) is 18.4. The molecule has 0 aromatic heterocycles. The van der Waals surface area contributed by atoms with Gasteiger partial charge in [-0.25, -0.2) is 4.39 Å². The molecule has 5 nitrogen and oxygen atoms in total. The minimum atomic E-state index is -0.227. The molecule has 1 N–H and O–H groups in total. The molecule has 1 saturated heterocycles. The minimum absolute atomic E-state index is 0.0760. The maximum atomic E-state index is 13.9. The van der Waals surface area contributed by atoms with Crippen LogP contribution in [0.1, 0.15) is 5.56 Å². The third-order valence-corrected chi connectivity index (χ3v) is 5.68. The van der Waals surface area contributed by atoms with Crippen molar-refractivity contribution >= 4 is 28.9 Å². The third kappa shape index (κ3) is 5.99. The first kappa shape index (κ1) is 22.1. The molecule has 1 aliphatic rings. The standard InChI is InChI=1S/C25H25ClFN3O2/c26-20-5-11-23(12-6-20)32-18-25(31)28-21-7-9-22(10-8-21)30-15-13-29(14-16-30)17-19-3-1-2-4-24(19)27/h1-12H,13-18H2,(H,28,31). The number of amides is 1. The topological polar surface area (TPSA) is 44.8 Å². The first-order valence-corrected chi connectivity index (χ1v) is 10.9. The second kappa shape index (κ2) is 10.5. The minimum Gasteiger partial charge on any atom is -0.484 e. The highest BCUT2D eigenvalue weighted by Gasteiger charge is 2.18. The lowest BCUT2D eigenvalue weighted by atomic mass is 10.1. The van der Waals surface area contributed by atoms with Gasteiger partial charge in [0.25, 0.3) is 5.91 Å². The quantitative estimate of drug-likeness (QED) is 0.557. The molecule has 0 radical (unpaired) electrons. The first-order chi connectivity index (χ1) is 15.6. The Hall–Kier alpha value is -3.09. The van der Waals surface area contributed by atoms with Gasteiger partial charge in [0, 0.05) is 54.7 Å². The summed E-state index contributed by atoms with van der Waals surface area (Å²) in [7, 11) is 0. The van der Waals surface area contributed by atoms with Crippen molar-refractivity contribution in [3.8, 4) is 5.75 Å². The summed E-state index contributed by atoms with van der Waals surface area (Å²) in [6.45, 7) is 4.03. The Morgan fingerprint density at radius 2 is 1.62 bits per heavy atom. The highest BCUT2D eigenvalue weighted by Crippen LogP contribution is 2.21. The predicted molar refractivity (Wildman–Crippen MR) is 126 cm³/mol. The third-order valence-electron chi connectivity index (χ3n) is 5.42. The number of carbonyl (C=O) groups is 1. The molecule has 1 heterocycles. The van der Waals surface area contributed by atoms with Gasteiger partial charge >= 0.3 is 0 Å². The van der Waals surface area contributed by atoms with E-state index in [1.807, 2.05) is 36.4 Å². The number of piperazine rings is 1. The highest BCUT2D eigenvalue weighted by molar-refractivity contribution is 6.30. The van der Waals surface area contributed by atoms with Gasteiger partial charge in [-0.2, -0.15) is 0 Å². The average Bonchev–Trinajstić information content (AvgIpc) is 2.81.